The molecule has 1 atom stereocenters. The van der Waals surface area contributed by atoms with E-state index in [4.69, 9.17) is 23.2 Å². The summed E-state index contributed by atoms with van der Waals surface area (Å²) in [7, 11) is 0. The summed E-state index contributed by atoms with van der Waals surface area (Å²) in [6.45, 7) is 3.77. The van der Waals surface area contributed by atoms with Gasteiger partial charge < -0.3 is 5.32 Å². The lowest BCUT2D eigenvalue weighted by Gasteiger charge is -2.26. The molecule has 2 heterocycles. The van der Waals surface area contributed by atoms with Gasteiger partial charge in [0.2, 0.25) is 5.84 Å². The zero-order valence-electron chi connectivity index (χ0n) is 18.1. The Bertz CT molecular complexity index is 1090. The molecule has 0 amide bonds. The molecule has 2 N–H and O–H groups in total. The first kappa shape index (κ1) is 28.7. The van der Waals surface area contributed by atoms with Crippen LogP contribution in [0.3, 0.4) is 0 Å². The fourth-order valence-electron chi connectivity index (χ4n) is 3.26. The number of halogens is 11. The number of nitrogens with zero attached hydrogens (tertiary/aromatic N) is 3. The highest BCUT2D eigenvalue weighted by atomic mass is 35.5. The first-order chi connectivity index (χ1) is 16.4. The second-order valence-corrected chi connectivity index (χ2v) is 10.2. The lowest BCUT2D eigenvalue weighted by atomic mass is 10.1. The van der Waals surface area contributed by atoms with Gasteiger partial charge in [-0.15, -0.1) is 0 Å². The lowest BCUT2D eigenvalue weighted by Crippen LogP contribution is -2.43. The van der Waals surface area contributed by atoms with Crippen LogP contribution in [0, 0.1) is 0 Å². The van der Waals surface area contributed by atoms with Crippen molar-refractivity contribution < 1.29 is 39.5 Å². The third kappa shape index (κ3) is 6.17. The lowest BCUT2D eigenvalue weighted by molar-refractivity contribution is -0.137. The molecule has 36 heavy (non-hydrogen) atoms. The van der Waals surface area contributed by atoms with Gasteiger partial charge in [-0.05, 0) is 17.4 Å². The monoisotopic (exact) mass is 587 g/mol. The summed E-state index contributed by atoms with van der Waals surface area (Å²) < 4.78 is 121. The molecule has 0 aromatic heterocycles. The van der Waals surface area contributed by atoms with E-state index < -0.39 is 68.9 Å². The minimum absolute atomic E-state index is 0.0312. The van der Waals surface area contributed by atoms with Gasteiger partial charge >= 0.3 is 18.5 Å². The van der Waals surface area contributed by atoms with Gasteiger partial charge in [0.15, 0.2) is 5.71 Å². The molecule has 0 aliphatic carbocycles. The second-order valence-electron chi connectivity index (χ2n) is 7.67. The van der Waals surface area contributed by atoms with Crippen molar-refractivity contribution in [1.82, 2.24) is 10.7 Å². The Balaban J connectivity index is 2.17. The van der Waals surface area contributed by atoms with Crippen LogP contribution in [0.1, 0.15) is 19.4 Å². The number of thioether (sulfide) groups is 1. The molecule has 0 fully saturated rings. The van der Waals surface area contributed by atoms with Crippen molar-refractivity contribution in [1.29, 1.82) is 0 Å². The maximum absolute atomic E-state index is 13.8. The van der Waals surface area contributed by atoms with E-state index in [1.807, 2.05) is 13.8 Å². The fourth-order valence-corrected chi connectivity index (χ4v) is 4.61. The molecule has 0 spiro atoms. The predicted octanol–water partition coefficient (Wildman–Crippen LogP) is 6.58. The van der Waals surface area contributed by atoms with E-state index >= 15 is 0 Å². The molecule has 1 aromatic rings. The van der Waals surface area contributed by atoms with Crippen molar-refractivity contribution in [2.24, 2.45) is 9.98 Å². The number of amidine groups is 1. The van der Waals surface area contributed by atoms with Crippen molar-refractivity contribution in [3.05, 3.63) is 39.1 Å². The fraction of sp³-hybridized carbons (Fsp3) is 0.474. The number of hydrazine groups is 1. The van der Waals surface area contributed by atoms with E-state index in [2.05, 4.69) is 20.7 Å². The van der Waals surface area contributed by atoms with Crippen LogP contribution in [0.5, 0.6) is 0 Å². The maximum Gasteiger partial charge on any atom is 0.451 e. The third-order valence-electron chi connectivity index (χ3n) is 4.66. The van der Waals surface area contributed by atoms with Crippen LogP contribution in [0.4, 0.5) is 45.2 Å². The first-order valence-electron chi connectivity index (χ1n) is 9.94. The van der Waals surface area contributed by atoms with E-state index in [1.165, 1.54) is 11.8 Å². The number of alkyl halides is 9. The molecule has 0 saturated heterocycles. The van der Waals surface area contributed by atoms with E-state index in [9.17, 15) is 39.5 Å². The Hall–Kier alpha value is -1.84. The zero-order chi connectivity index (χ0) is 27.2. The van der Waals surface area contributed by atoms with Crippen LogP contribution in [-0.2, 0) is 6.18 Å². The van der Waals surface area contributed by atoms with E-state index in [0.29, 0.717) is 17.9 Å². The van der Waals surface area contributed by atoms with Gasteiger partial charge in [-0.1, -0.05) is 37.0 Å². The summed E-state index contributed by atoms with van der Waals surface area (Å²) in [5.74, 6) is -2.11. The van der Waals surface area contributed by atoms with Gasteiger partial charge in [0.05, 0.1) is 26.9 Å². The molecule has 0 saturated carbocycles. The summed E-state index contributed by atoms with van der Waals surface area (Å²) >= 11 is 13.5. The Morgan fingerprint density at radius 2 is 1.58 bits per heavy atom. The summed E-state index contributed by atoms with van der Waals surface area (Å²) in [6.07, 6.45) is -17.4. The molecule has 3 rings (SSSR count). The third-order valence-corrected chi connectivity index (χ3v) is 6.35. The number of nitrogens with one attached hydrogen (secondary N) is 2. The standard InChI is InChI=1S/C19H16Cl2F9N5S/c1-7(2)36-4-3-31-15-11-13(18(25,26)27)32-16(19(28,29)30)33-14(11)34-35(15)12-9(20)5-8(6-10(12)21)17(22,23)24/h5-7,14,31,34H,3-4H2,1-2H3. The van der Waals surface area contributed by atoms with Crippen LogP contribution in [0.2, 0.25) is 10.0 Å². The number of anilines is 1. The minimum atomic E-state index is -5.33. The van der Waals surface area contributed by atoms with Crippen LogP contribution in [0.15, 0.2) is 33.5 Å². The van der Waals surface area contributed by atoms with Crippen LogP contribution in [0.25, 0.3) is 0 Å². The minimum Gasteiger partial charge on any atom is -0.369 e. The molecule has 200 valence electrons. The molecule has 0 bridgehead atoms. The van der Waals surface area contributed by atoms with Gasteiger partial charge in [-0.2, -0.15) is 56.7 Å². The van der Waals surface area contributed by atoms with Gasteiger partial charge in [0.25, 0.3) is 0 Å². The number of benzene rings is 1. The quantitative estimate of drug-likeness (QED) is 0.291. The first-order valence-corrected chi connectivity index (χ1v) is 11.7. The molecule has 17 heteroatoms. The Morgan fingerprint density at radius 1 is 1.00 bits per heavy atom. The number of hydrogen-bond acceptors (Lipinski definition) is 6. The van der Waals surface area contributed by atoms with Crippen molar-refractivity contribution in [3.63, 3.8) is 0 Å². The molecule has 5 nitrogen and oxygen atoms in total. The zero-order valence-corrected chi connectivity index (χ0v) is 20.5. The molecule has 0 radical (unpaired) electrons. The van der Waals surface area contributed by atoms with E-state index in [-0.39, 0.29) is 11.8 Å². The van der Waals surface area contributed by atoms with E-state index in [0.717, 1.165) is 5.01 Å². The highest BCUT2D eigenvalue weighted by Gasteiger charge is 2.52. The van der Waals surface area contributed by atoms with Gasteiger partial charge in [0.1, 0.15) is 12.0 Å². The molecular formula is C19H16Cl2F9N5S. The summed E-state index contributed by atoms with van der Waals surface area (Å²) in [5.41, 5.74) is -1.99. The maximum atomic E-state index is 13.8. The molecule has 1 aromatic carbocycles. The smallest absolute Gasteiger partial charge is 0.369 e. The average Bonchev–Trinajstić information content (AvgIpc) is 3.05. The molecule has 2 aliphatic rings. The van der Waals surface area contributed by atoms with Crippen LogP contribution in [-0.4, -0.2) is 47.6 Å². The average molecular weight is 588 g/mol. The molecular weight excluding hydrogens is 572 g/mol. The van der Waals surface area contributed by atoms with Crippen molar-refractivity contribution in [2.45, 2.75) is 43.8 Å². The highest BCUT2D eigenvalue weighted by Crippen LogP contribution is 2.44. The predicted molar refractivity (Wildman–Crippen MR) is 120 cm³/mol. The summed E-state index contributed by atoms with van der Waals surface area (Å²) in [5, 5.41) is 2.37. The van der Waals surface area contributed by atoms with Gasteiger partial charge in [-0.25, -0.2) is 9.98 Å². The van der Waals surface area contributed by atoms with Crippen molar-refractivity contribution >= 4 is 52.2 Å². The number of fused-ring (bicyclic) bond motifs is 1. The highest BCUT2D eigenvalue weighted by molar-refractivity contribution is 7.99. The Labute approximate surface area is 212 Å². The Morgan fingerprint density at radius 3 is 2.06 bits per heavy atom. The summed E-state index contributed by atoms with van der Waals surface area (Å²) in [4.78, 5) is 5.98. The molecule has 2 aliphatic heterocycles. The van der Waals surface area contributed by atoms with Crippen LogP contribution < -0.4 is 15.8 Å². The number of rotatable bonds is 6. The van der Waals surface area contributed by atoms with Crippen molar-refractivity contribution in [2.75, 3.05) is 17.3 Å². The van der Waals surface area contributed by atoms with Crippen molar-refractivity contribution in [3.8, 4) is 0 Å². The van der Waals surface area contributed by atoms with Gasteiger partial charge in [-0.3, -0.25) is 5.01 Å². The summed E-state index contributed by atoms with van der Waals surface area (Å²) in [6, 6.07) is 0.985. The molecule has 1 unspecified atom stereocenters. The number of aliphatic imine (C=N–C) groups is 2. The SMILES string of the molecule is CC(C)SCCNC1=C2C(C(F)(F)F)=NC(C(F)(F)F)=NC2NN1c1c(Cl)cc(C(F)(F)F)cc1Cl. The van der Waals surface area contributed by atoms with Crippen LogP contribution >= 0.6 is 35.0 Å². The van der Waals surface area contributed by atoms with Gasteiger partial charge in [0, 0.05) is 12.3 Å². The largest absolute Gasteiger partial charge is 0.451 e. The second kappa shape index (κ2) is 10.1. The van der Waals surface area contributed by atoms with E-state index in [1.54, 1.807) is 0 Å². The number of hydrogen-bond donors (Lipinski definition) is 2. The Kier molecular flexibility index (Phi) is 8.09. The topological polar surface area (TPSA) is 52.0 Å². The normalized spacial score (nSPS) is 19.1.